The van der Waals surface area contributed by atoms with E-state index in [1.165, 1.54) is 0 Å². The molecule has 0 unspecified atom stereocenters. The number of rotatable bonds is 2. The van der Waals surface area contributed by atoms with Gasteiger partial charge in [0.2, 0.25) is 0 Å². The van der Waals surface area contributed by atoms with Crippen molar-refractivity contribution in [3.05, 3.63) is 34.3 Å². The monoisotopic (exact) mass is 235 g/mol. The van der Waals surface area contributed by atoms with Crippen LogP contribution >= 0.6 is 11.6 Å². The Morgan fingerprint density at radius 1 is 1.38 bits per heavy atom. The second-order valence-electron chi connectivity index (χ2n) is 3.92. The van der Waals surface area contributed by atoms with Crippen LogP contribution in [0.25, 0.3) is 0 Å². The number of benzene rings is 1. The minimum Gasteiger partial charge on any atom is -0.314 e. The molecule has 0 radical (unpaired) electrons. The molecule has 0 spiro atoms. The summed E-state index contributed by atoms with van der Waals surface area (Å²) in [5, 5.41) is 12.8. The Kier molecular flexibility index (Phi) is 3.79. The smallest absolute Gasteiger partial charge is 0.101 e. The fraction of sp³-hybridized carbons (Fsp3) is 0.417. The number of nitrogens with zero attached hydrogens (tertiary/aromatic N) is 2. The van der Waals surface area contributed by atoms with E-state index in [1.807, 2.05) is 12.1 Å². The molecule has 1 aromatic carbocycles. The van der Waals surface area contributed by atoms with E-state index < -0.39 is 0 Å². The van der Waals surface area contributed by atoms with Crippen LogP contribution in [-0.4, -0.2) is 31.1 Å². The number of piperazine rings is 1. The number of nitriles is 1. The molecule has 84 valence electrons. The van der Waals surface area contributed by atoms with Crippen LogP contribution in [0.4, 0.5) is 0 Å². The number of hydrogen-bond donors (Lipinski definition) is 1. The zero-order valence-electron chi connectivity index (χ0n) is 9.04. The van der Waals surface area contributed by atoms with Gasteiger partial charge >= 0.3 is 0 Å². The fourth-order valence-electron chi connectivity index (χ4n) is 1.90. The van der Waals surface area contributed by atoms with Gasteiger partial charge in [-0.05, 0) is 11.6 Å². The summed E-state index contributed by atoms with van der Waals surface area (Å²) in [6.45, 7) is 4.95. The van der Waals surface area contributed by atoms with Crippen molar-refractivity contribution >= 4 is 11.6 Å². The Hall–Kier alpha value is -1.08. The molecule has 1 saturated heterocycles. The van der Waals surface area contributed by atoms with Crippen LogP contribution in [0.1, 0.15) is 11.1 Å². The summed E-state index contributed by atoms with van der Waals surface area (Å²) in [7, 11) is 0. The first kappa shape index (κ1) is 11.4. The summed E-state index contributed by atoms with van der Waals surface area (Å²) in [5.41, 5.74) is 1.61. The Balaban J connectivity index is 2.12. The van der Waals surface area contributed by atoms with Crippen LogP contribution < -0.4 is 5.32 Å². The molecule has 0 atom stereocenters. The number of nitrogens with one attached hydrogen (secondary N) is 1. The summed E-state index contributed by atoms with van der Waals surface area (Å²) in [6, 6.07) is 7.75. The third-order valence-electron chi connectivity index (χ3n) is 2.80. The molecule has 1 aromatic rings. The SMILES string of the molecule is N#Cc1cccc(CN2CCNCC2)c1Cl. The van der Waals surface area contributed by atoms with Crippen molar-refractivity contribution in [3.8, 4) is 6.07 Å². The van der Waals surface area contributed by atoms with Crippen molar-refractivity contribution in [2.24, 2.45) is 0 Å². The number of hydrogen-bond acceptors (Lipinski definition) is 3. The first-order chi connectivity index (χ1) is 7.81. The second-order valence-corrected chi connectivity index (χ2v) is 4.29. The summed E-state index contributed by atoms with van der Waals surface area (Å²) in [6.07, 6.45) is 0. The van der Waals surface area contributed by atoms with E-state index >= 15 is 0 Å². The average Bonchev–Trinajstić information content (AvgIpc) is 2.33. The predicted octanol–water partition coefficient (Wildman–Crippen LogP) is 1.62. The third kappa shape index (κ3) is 2.53. The molecule has 1 aliphatic heterocycles. The van der Waals surface area contributed by atoms with Crippen molar-refractivity contribution < 1.29 is 0 Å². The van der Waals surface area contributed by atoms with E-state index in [1.54, 1.807) is 6.07 Å². The minimum absolute atomic E-state index is 0.564. The highest BCUT2D eigenvalue weighted by atomic mass is 35.5. The lowest BCUT2D eigenvalue weighted by Gasteiger charge is -2.27. The summed E-state index contributed by atoms with van der Waals surface area (Å²) in [5.74, 6) is 0. The highest BCUT2D eigenvalue weighted by Gasteiger charge is 2.12. The van der Waals surface area contributed by atoms with Crippen molar-refractivity contribution in [2.75, 3.05) is 26.2 Å². The van der Waals surface area contributed by atoms with Crippen molar-refractivity contribution in [3.63, 3.8) is 0 Å². The van der Waals surface area contributed by atoms with E-state index in [0.717, 1.165) is 38.3 Å². The average molecular weight is 236 g/mol. The van der Waals surface area contributed by atoms with Gasteiger partial charge in [-0.2, -0.15) is 5.26 Å². The quantitative estimate of drug-likeness (QED) is 0.847. The molecule has 1 N–H and O–H groups in total. The molecule has 1 fully saturated rings. The Morgan fingerprint density at radius 2 is 2.12 bits per heavy atom. The fourth-order valence-corrected chi connectivity index (χ4v) is 2.13. The topological polar surface area (TPSA) is 39.1 Å². The van der Waals surface area contributed by atoms with Crippen molar-refractivity contribution in [2.45, 2.75) is 6.54 Å². The zero-order chi connectivity index (χ0) is 11.4. The highest BCUT2D eigenvalue weighted by molar-refractivity contribution is 6.32. The molecule has 16 heavy (non-hydrogen) atoms. The molecule has 1 heterocycles. The van der Waals surface area contributed by atoms with Gasteiger partial charge in [0, 0.05) is 32.7 Å². The van der Waals surface area contributed by atoms with Gasteiger partial charge in [-0.3, -0.25) is 4.90 Å². The van der Waals surface area contributed by atoms with Crippen molar-refractivity contribution in [1.29, 1.82) is 5.26 Å². The molecule has 0 bridgehead atoms. The lowest BCUT2D eigenvalue weighted by molar-refractivity contribution is 0.233. The van der Waals surface area contributed by atoms with Crippen LogP contribution in [-0.2, 0) is 6.54 Å². The maximum atomic E-state index is 8.89. The molecule has 0 amide bonds. The highest BCUT2D eigenvalue weighted by Crippen LogP contribution is 2.21. The van der Waals surface area contributed by atoms with Gasteiger partial charge in [-0.25, -0.2) is 0 Å². The molecular formula is C12H14ClN3. The summed E-state index contributed by atoms with van der Waals surface area (Å²) in [4.78, 5) is 2.35. The summed E-state index contributed by atoms with van der Waals surface area (Å²) < 4.78 is 0. The maximum Gasteiger partial charge on any atom is 0.101 e. The minimum atomic E-state index is 0.564. The van der Waals surface area contributed by atoms with Gasteiger partial charge in [-0.15, -0.1) is 0 Å². The van der Waals surface area contributed by atoms with E-state index in [0.29, 0.717) is 10.6 Å². The van der Waals surface area contributed by atoms with Crippen LogP contribution in [0.3, 0.4) is 0 Å². The standard InChI is InChI=1S/C12H14ClN3/c13-12-10(8-14)2-1-3-11(12)9-16-6-4-15-5-7-16/h1-3,15H,4-7,9H2. The molecular weight excluding hydrogens is 222 g/mol. The van der Waals surface area contributed by atoms with Crippen LogP contribution in [0.2, 0.25) is 5.02 Å². The third-order valence-corrected chi connectivity index (χ3v) is 3.25. The second kappa shape index (κ2) is 5.31. The van der Waals surface area contributed by atoms with E-state index in [-0.39, 0.29) is 0 Å². The van der Waals surface area contributed by atoms with Crippen LogP contribution in [0.15, 0.2) is 18.2 Å². The molecule has 0 aliphatic carbocycles. The maximum absolute atomic E-state index is 8.89. The molecule has 3 nitrogen and oxygen atoms in total. The molecule has 0 saturated carbocycles. The Bertz CT molecular complexity index is 405. The molecule has 2 rings (SSSR count). The lowest BCUT2D eigenvalue weighted by atomic mass is 10.1. The molecule has 4 heteroatoms. The van der Waals surface area contributed by atoms with Crippen LogP contribution in [0, 0.1) is 11.3 Å². The number of halogens is 1. The Morgan fingerprint density at radius 3 is 2.81 bits per heavy atom. The van der Waals surface area contributed by atoms with Gasteiger partial charge < -0.3 is 5.32 Å². The lowest BCUT2D eigenvalue weighted by Crippen LogP contribution is -2.42. The van der Waals surface area contributed by atoms with E-state index in [2.05, 4.69) is 16.3 Å². The predicted molar refractivity (Wildman–Crippen MR) is 64.3 cm³/mol. The largest absolute Gasteiger partial charge is 0.314 e. The van der Waals surface area contributed by atoms with Gasteiger partial charge in [0.15, 0.2) is 0 Å². The van der Waals surface area contributed by atoms with Crippen LogP contribution in [0.5, 0.6) is 0 Å². The zero-order valence-corrected chi connectivity index (χ0v) is 9.80. The van der Waals surface area contributed by atoms with Gasteiger partial charge in [-0.1, -0.05) is 23.7 Å². The van der Waals surface area contributed by atoms with Gasteiger partial charge in [0.1, 0.15) is 6.07 Å². The van der Waals surface area contributed by atoms with Gasteiger partial charge in [0.25, 0.3) is 0 Å². The van der Waals surface area contributed by atoms with Crippen molar-refractivity contribution in [1.82, 2.24) is 10.2 Å². The first-order valence-corrected chi connectivity index (χ1v) is 5.79. The Labute approximate surface area is 101 Å². The summed E-state index contributed by atoms with van der Waals surface area (Å²) >= 11 is 6.16. The van der Waals surface area contributed by atoms with Gasteiger partial charge in [0.05, 0.1) is 10.6 Å². The molecule has 1 aliphatic rings. The normalized spacial score (nSPS) is 17.0. The van der Waals surface area contributed by atoms with E-state index in [4.69, 9.17) is 16.9 Å². The molecule has 0 aromatic heterocycles. The van der Waals surface area contributed by atoms with E-state index in [9.17, 15) is 0 Å². The first-order valence-electron chi connectivity index (χ1n) is 5.42.